The molecule has 0 heterocycles. The summed E-state index contributed by atoms with van der Waals surface area (Å²) in [5, 5.41) is 3.25. The smallest absolute Gasteiger partial charge is 0.0357 e. The molecular weight excluding hydrogens is 172 g/mol. The van der Waals surface area contributed by atoms with Gasteiger partial charge in [-0.1, -0.05) is 0 Å². The molecule has 4 heteroatoms. The molecular formula is C8H20N2OS. The molecule has 0 aliphatic carbocycles. The van der Waals surface area contributed by atoms with Crippen molar-refractivity contribution < 1.29 is 4.21 Å². The summed E-state index contributed by atoms with van der Waals surface area (Å²) in [4.78, 5) is 2.17. The average Bonchev–Trinajstić information content (AvgIpc) is 1.95. The maximum absolute atomic E-state index is 10.6. The van der Waals surface area contributed by atoms with Crippen molar-refractivity contribution in [3.05, 3.63) is 0 Å². The van der Waals surface area contributed by atoms with E-state index < -0.39 is 10.8 Å². The van der Waals surface area contributed by atoms with Crippen LogP contribution in [0.25, 0.3) is 0 Å². The first-order chi connectivity index (χ1) is 5.63. The van der Waals surface area contributed by atoms with Crippen LogP contribution in [0.1, 0.15) is 6.42 Å². The summed E-state index contributed by atoms with van der Waals surface area (Å²) in [5.74, 6) is 0.766. The maximum atomic E-state index is 10.6. The fourth-order valence-corrected chi connectivity index (χ4v) is 1.29. The Morgan fingerprint density at radius 3 is 2.50 bits per heavy atom. The molecule has 0 aliphatic rings. The minimum Gasteiger partial charge on any atom is -0.316 e. The molecule has 0 radical (unpaired) electrons. The zero-order valence-corrected chi connectivity index (χ0v) is 9.12. The van der Waals surface area contributed by atoms with E-state index in [1.165, 1.54) is 0 Å². The summed E-state index contributed by atoms with van der Waals surface area (Å²) >= 11 is 0. The summed E-state index contributed by atoms with van der Waals surface area (Å²) in [7, 11) is 3.49. The first-order valence-electron chi connectivity index (χ1n) is 4.28. The summed E-state index contributed by atoms with van der Waals surface area (Å²) in [6.45, 7) is 3.01. The molecule has 0 aromatic rings. The molecule has 74 valence electrons. The van der Waals surface area contributed by atoms with E-state index in [4.69, 9.17) is 0 Å². The van der Waals surface area contributed by atoms with Crippen molar-refractivity contribution in [3.8, 4) is 0 Å². The van der Waals surface area contributed by atoms with Gasteiger partial charge in [0.25, 0.3) is 0 Å². The molecule has 1 atom stereocenters. The molecule has 1 unspecified atom stereocenters. The van der Waals surface area contributed by atoms with Gasteiger partial charge in [0, 0.05) is 29.4 Å². The lowest BCUT2D eigenvalue weighted by Crippen LogP contribution is -2.24. The van der Waals surface area contributed by atoms with Crippen molar-refractivity contribution >= 4 is 10.8 Å². The molecule has 12 heavy (non-hydrogen) atoms. The van der Waals surface area contributed by atoms with Gasteiger partial charge in [-0.3, -0.25) is 4.21 Å². The van der Waals surface area contributed by atoms with Gasteiger partial charge in [0.15, 0.2) is 0 Å². The number of hydrogen-bond acceptors (Lipinski definition) is 3. The number of hydrogen-bond donors (Lipinski definition) is 1. The summed E-state index contributed by atoms with van der Waals surface area (Å²) in [6.07, 6.45) is 2.89. The third kappa shape index (κ3) is 10.1. The third-order valence-electron chi connectivity index (χ3n) is 1.53. The van der Waals surface area contributed by atoms with Crippen LogP contribution < -0.4 is 5.32 Å². The van der Waals surface area contributed by atoms with Crippen LogP contribution >= 0.6 is 0 Å². The maximum Gasteiger partial charge on any atom is 0.0357 e. The molecule has 0 saturated carbocycles. The average molecular weight is 192 g/mol. The predicted molar refractivity (Wildman–Crippen MR) is 55.0 cm³/mol. The zero-order valence-electron chi connectivity index (χ0n) is 8.30. The van der Waals surface area contributed by atoms with Crippen molar-refractivity contribution in [1.82, 2.24) is 10.2 Å². The largest absolute Gasteiger partial charge is 0.316 e. The van der Waals surface area contributed by atoms with Gasteiger partial charge in [-0.2, -0.15) is 0 Å². The fourth-order valence-electron chi connectivity index (χ4n) is 0.861. The van der Waals surface area contributed by atoms with Crippen LogP contribution in [0.5, 0.6) is 0 Å². The third-order valence-corrected chi connectivity index (χ3v) is 2.30. The lowest BCUT2D eigenvalue weighted by molar-refractivity contribution is 0.395. The second kappa shape index (κ2) is 7.71. The normalized spacial score (nSPS) is 13.7. The highest BCUT2D eigenvalue weighted by Gasteiger charge is 1.92. The second-order valence-corrected chi connectivity index (χ2v) is 4.74. The van der Waals surface area contributed by atoms with Gasteiger partial charge in [-0.15, -0.1) is 0 Å². The van der Waals surface area contributed by atoms with Crippen LogP contribution in [0.3, 0.4) is 0 Å². The summed E-state index contributed by atoms with van der Waals surface area (Å²) < 4.78 is 10.6. The Morgan fingerprint density at radius 2 is 2.00 bits per heavy atom. The standard InChI is InChI=1S/C8H20N2OS/c1-10(2)7-4-5-9-6-8-12(3)11/h9H,4-8H2,1-3H3. The lowest BCUT2D eigenvalue weighted by atomic mass is 10.4. The number of nitrogens with one attached hydrogen (secondary N) is 1. The van der Waals surface area contributed by atoms with Crippen LogP contribution in [-0.4, -0.2) is 54.8 Å². The van der Waals surface area contributed by atoms with Gasteiger partial charge < -0.3 is 10.2 Å². The molecule has 0 aromatic carbocycles. The minimum absolute atomic E-state index is 0.653. The first-order valence-corrected chi connectivity index (χ1v) is 6.01. The Morgan fingerprint density at radius 1 is 1.33 bits per heavy atom. The quantitative estimate of drug-likeness (QED) is 0.572. The van der Waals surface area contributed by atoms with Crippen LogP contribution in [0.2, 0.25) is 0 Å². The van der Waals surface area contributed by atoms with Crippen LogP contribution in [0.15, 0.2) is 0 Å². The monoisotopic (exact) mass is 192 g/mol. The summed E-state index contributed by atoms with van der Waals surface area (Å²) in [6, 6.07) is 0. The molecule has 0 spiro atoms. The van der Waals surface area contributed by atoms with Crippen LogP contribution in [0, 0.1) is 0 Å². The Kier molecular flexibility index (Phi) is 7.75. The molecule has 0 saturated heterocycles. The molecule has 0 amide bonds. The Labute approximate surface area is 78.0 Å². The minimum atomic E-state index is -0.653. The number of rotatable bonds is 7. The molecule has 1 N–H and O–H groups in total. The van der Waals surface area contributed by atoms with Crippen molar-refractivity contribution in [2.45, 2.75) is 6.42 Å². The van der Waals surface area contributed by atoms with E-state index in [0.29, 0.717) is 0 Å². The van der Waals surface area contributed by atoms with Crippen molar-refractivity contribution in [2.24, 2.45) is 0 Å². The topological polar surface area (TPSA) is 32.3 Å². The SMILES string of the molecule is CN(C)CCCNCCS(C)=O. The van der Waals surface area contributed by atoms with E-state index in [1.807, 2.05) is 0 Å². The van der Waals surface area contributed by atoms with E-state index in [2.05, 4.69) is 24.3 Å². The lowest BCUT2D eigenvalue weighted by Gasteiger charge is -2.09. The number of nitrogens with zero attached hydrogens (tertiary/aromatic N) is 1. The van der Waals surface area contributed by atoms with Gasteiger partial charge >= 0.3 is 0 Å². The second-order valence-electron chi connectivity index (χ2n) is 3.18. The van der Waals surface area contributed by atoms with E-state index in [1.54, 1.807) is 6.26 Å². The molecule has 0 fully saturated rings. The Hall–Kier alpha value is 0.0700. The highest BCUT2D eigenvalue weighted by atomic mass is 32.2. The van der Waals surface area contributed by atoms with E-state index in [-0.39, 0.29) is 0 Å². The summed E-state index contributed by atoms with van der Waals surface area (Å²) in [5.41, 5.74) is 0. The van der Waals surface area contributed by atoms with Crippen LogP contribution in [0.4, 0.5) is 0 Å². The van der Waals surface area contributed by atoms with E-state index >= 15 is 0 Å². The van der Waals surface area contributed by atoms with E-state index in [9.17, 15) is 4.21 Å². The Balaban J connectivity index is 2.96. The molecule has 0 aromatic heterocycles. The van der Waals surface area contributed by atoms with Gasteiger partial charge in [-0.05, 0) is 33.6 Å². The molecule has 0 bridgehead atoms. The molecule has 0 rings (SSSR count). The van der Waals surface area contributed by atoms with E-state index in [0.717, 1.165) is 31.8 Å². The highest BCUT2D eigenvalue weighted by Crippen LogP contribution is 1.80. The fraction of sp³-hybridized carbons (Fsp3) is 1.00. The van der Waals surface area contributed by atoms with Gasteiger partial charge in [0.05, 0.1) is 0 Å². The van der Waals surface area contributed by atoms with Crippen LogP contribution in [-0.2, 0) is 10.8 Å². The van der Waals surface area contributed by atoms with Crippen molar-refractivity contribution in [1.29, 1.82) is 0 Å². The highest BCUT2D eigenvalue weighted by molar-refractivity contribution is 7.84. The zero-order chi connectivity index (χ0) is 9.40. The first kappa shape index (κ1) is 12.1. The molecule has 3 nitrogen and oxygen atoms in total. The van der Waals surface area contributed by atoms with Crippen molar-refractivity contribution in [2.75, 3.05) is 45.7 Å². The Bertz CT molecular complexity index is 128. The van der Waals surface area contributed by atoms with Gasteiger partial charge in [0.2, 0.25) is 0 Å². The van der Waals surface area contributed by atoms with Crippen molar-refractivity contribution in [3.63, 3.8) is 0 Å². The molecule has 0 aliphatic heterocycles. The van der Waals surface area contributed by atoms with Gasteiger partial charge in [0.1, 0.15) is 0 Å². The predicted octanol–water partition coefficient (Wildman–Crippen LogP) is -0.0938. The van der Waals surface area contributed by atoms with Gasteiger partial charge in [-0.25, -0.2) is 0 Å².